The molecule has 2 aliphatic heterocycles. The Bertz CT molecular complexity index is 716. The summed E-state index contributed by atoms with van der Waals surface area (Å²) in [6.45, 7) is 3.80. The van der Waals surface area contributed by atoms with E-state index in [2.05, 4.69) is 23.3 Å². The van der Waals surface area contributed by atoms with E-state index in [0.717, 1.165) is 50.1 Å². The van der Waals surface area contributed by atoms with Crippen molar-refractivity contribution < 1.29 is 14.4 Å². The Morgan fingerprint density at radius 3 is 2.76 bits per heavy atom. The van der Waals surface area contributed by atoms with Gasteiger partial charge in [-0.25, -0.2) is 9.69 Å². The number of rotatable bonds is 3. The van der Waals surface area contributed by atoms with Crippen molar-refractivity contribution in [3.63, 3.8) is 0 Å². The van der Waals surface area contributed by atoms with Crippen LogP contribution in [0.3, 0.4) is 0 Å². The second kappa shape index (κ2) is 6.53. The quantitative estimate of drug-likeness (QED) is 0.613. The first-order valence-corrected chi connectivity index (χ1v) is 9.91. The van der Waals surface area contributed by atoms with Crippen molar-refractivity contribution >= 4 is 29.2 Å². The third-order valence-corrected chi connectivity index (χ3v) is 6.73. The first-order valence-electron chi connectivity index (χ1n) is 9.03. The van der Waals surface area contributed by atoms with Crippen LogP contribution < -0.4 is 0 Å². The van der Waals surface area contributed by atoms with Crippen LogP contribution in [-0.2, 0) is 22.6 Å². The van der Waals surface area contributed by atoms with Crippen LogP contribution in [0, 0.1) is 5.92 Å². The smallest absolute Gasteiger partial charge is 0.281 e. The van der Waals surface area contributed by atoms with Crippen LogP contribution in [0.4, 0.5) is 4.79 Å². The highest BCUT2D eigenvalue weighted by molar-refractivity contribution is 7.10. The lowest BCUT2D eigenvalue weighted by molar-refractivity contribution is -0.145. The van der Waals surface area contributed by atoms with E-state index in [0.29, 0.717) is 0 Å². The van der Waals surface area contributed by atoms with Gasteiger partial charge in [-0.15, -0.1) is 11.3 Å². The SMILES string of the molecule is C[C@H]1CCCC[C@H]1N1C(=O)C(=O)N(CN2CCc3sccc3C2)C1=O. The highest BCUT2D eigenvalue weighted by Crippen LogP contribution is 2.31. The van der Waals surface area contributed by atoms with Crippen LogP contribution in [0.25, 0.3) is 0 Å². The minimum absolute atomic E-state index is 0.132. The third kappa shape index (κ3) is 2.89. The molecule has 6 nitrogen and oxygen atoms in total. The molecule has 0 aromatic carbocycles. The number of thiophene rings is 1. The van der Waals surface area contributed by atoms with Crippen molar-refractivity contribution in [1.82, 2.24) is 14.7 Å². The molecule has 1 aromatic rings. The fraction of sp³-hybridized carbons (Fsp3) is 0.611. The van der Waals surface area contributed by atoms with Crippen molar-refractivity contribution in [2.45, 2.75) is 51.6 Å². The predicted octanol–water partition coefficient (Wildman–Crippen LogP) is 2.43. The zero-order valence-corrected chi connectivity index (χ0v) is 15.3. The number of amides is 4. The summed E-state index contributed by atoms with van der Waals surface area (Å²) < 4.78 is 0. The van der Waals surface area contributed by atoms with Crippen molar-refractivity contribution in [2.75, 3.05) is 13.2 Å². The minimum atomic E-state index is -0.668. The van der Waals surface area contributed by atoms with Crippen LogP contribution in [0.5, 0.6) is 0 Å². The number of urea groups is 1. The minimum Gasteiger partial charge on any atom is -0.281 e. The fourth-order valence-corrected chi connectivity index (χ4v) is 5.14. The summed E-state index contributed by atoms with van der Waals surface area (Å²) in [7, 11) is 0. The molecule has 1 saturated carbocycles. The van der Waals surface area contributed by atoms with Gasteiger partial charge in [0.2, 0.25) is 0 Å². The Hall–Kier alpha value is -1.73. The van der Waals surface area contributed by atoms with E-state index in [4.69, 9.17) is 0 Å². The molecule has 1 saturated heterocycles. The lowest BCUT2D eigenvalue weighted by atomic mass is 9.85. The van der Waals surface area contributed by atoms with Gasteiger partial charge in [0.1, 0.15) is 0 Å². The summed E-state index contributed by atoms with van der Waals surface area (Å²) in [6, 6.07) is 1.54. The molecule has 134 valence electrons. The second-order valence-corrected chi connectivity index (χ2v) is 8.33. The molecule has 0 spiro atoms. The maximum absolute atomic E-state index is 12.8. The Morgan fingerprint density at radius 2 is 1.96 bits per heavy atom. The van der Waals surface area contributed by atoms with Gasteiger partial charge in [-0.1, -0.05) is 19.8 Å². The van der Waals surface area contributed by atoms with Gasteiger partial charge in [0.25, 0.3) is 0 Å². The number of carbonyl (C=O) groups is 3. The normalized spacial score (nSPS) is 28.0. The molecular formula is C18H23N3O3S. The highest BCUT2D eigenvalue weighted by atomic mass is 32.1. The summed E-state index contributed by atoms with van der Waals surface area (Å²) in [5, 5.41) is 2.08. The van der Waals surface area contributed by atoms with E-state index in [1.165, 1.54) is 15.3 Å². The zero-order chi connectivity index (χ0) is 17.6. The molecule has 3 aliphatic rings. The Kier molecular flexibility index (Phi) is 4.37. The monoisotopic (exact) mass is 361 g/mol. The van der Waals surface area contributed by atoms with Gasteiger partial charge in [-0.05, 0) is 42.2 Å². The molecule has 4 amide bonds. The van der Waals surface area contributed by atoms with E-state index in [-0.39, 0.29) is 18.6 Å². The molecule has 7 heteroatoms. The molecule has 3 heterocycles. The standard InChI is InChI=1S/C18H23N3O3S/c1-12-4-2-3-5-14(12)21-17(23)16(22)20(18(21)24)11-19-8-6-15-13(10-19)7-9-25-15/h7,9,12,14H,2-6,8,10-11H2,1H3/t12-,14+/m0/s1. The summed E-state index contributed by atoms with van der Waals surface area (Å²) >= 11 is 1.75. The van der Waals surface area contributed by atoms with Crippen LogP contribution >= 0.6 is 11.3 Å². The first kappa shape index (κ1) is 16.7. The summed E-state index contributed by atoms with van der Waals surface area (Å²) in [5.41, 5.74) is 1.26. The molecular weight excluding hydrogens is 338 g/mol. The van der Waals surface area contributed by atoms with Gasteiger partial charge in [-0.2, -0.15) is 0 Å². The molecule has 1 aliphatic carbocycles. The molecule has 0 unspecified atom stereocenters. The largest absolute Gasteiger partial charge is 0.335 e. The van der Waals surface area contributed by atoms with Gasteiger partial charge < -0.3 is 0 Å². The van der Waals surface area contributed by atoms with Gasteiger partial charge in [0.15, 0.2) is 0 Å². The highest BCUT2D eigenvalue weighted by Gasteiger charge is 2.49. The van der Waals surface area contributed by atoms with Crippen LogP contribution in [0.15, 0.2) is 11.4 Å². The summed E-state index contributed by atoms with van der Waals surface area (Å²) in [4.78, 5) is 43.6. The second-order valence-electron chi connectivity index (χ2n) is 7.33. The molecule has 25 heavy (non-hydrogen) atoms. The van der Waals surface area contributed by atoms with Gasteiger partial charge >= 0.3 is 17.8 Å². The fourth-order valence-electron chi connectivity index (χ4n) is 4.25. The van der Waals surface area contributed by atoms with Crippen molar-refractivity contribution in [3.05, 3.63) is 21.9 Å². The molecule has 2 atom stereocenters. The predicted molar refractivity (Wildman–Crippen MR) is 93.8 cm³/mol. The zero-order valence-electron chi connectivity index (χ0n) is 14.4. The number of hydrogen-bond acceptors (Lipinski definition) is 5. The summed E-state index contributed by atoms with van der Waals surface area (Å²) in [6.07, 6.45) is 4.88. The lowest BCUT2D eigenvalue weighted by Gasteiger charge is -2.34. The summed E-state index contributed by atoms with van der Waals surface area (Å²) in [5.74, 6) is -1.05. The van der Waals surface area contributed by atoms with E-state index in [1.54, 1.807) is 11.3 Å². The van der Waals surface area contributed by atoms with Gasteiger partial charge in [0.05, 0.1) is 6.67 Å². The molecule has 2 fully saturated rings. The number of carbonyl (C=O) groups excluding carboxylic acids is 3. The average Bonchev–Trinajstić information content (AvgIpc) is 3.15. The van der Waals surface area contributed by atoms with E-state index >= 15 is 0 Å². The Morgan fingerprint density at radius 1 is 1.16 bits per heavy atom. The average molecular weight is 361 g/mol. The molecule has 0 N–H and O–H groups in total. The maximum Gasteiger partial charge on any atom is 0.335 e. The number of hydrogen-bond donors (Lipinski definition) is 0. The van der Waals surface area contributed by atoms with Crippen LogP contribution in [0.1, 0.15) is 43.0 Å². The number of nitrogens with zero attached hydrogens (tertiary/aromatic N) is 3. The molecule has 0 bridgehead atoms. The molecule has 0 radical (unpaired) electrons. The Balaban J connectivity index is 1.48. The van der Waals surface area contributed by atoms with Crippen molar-refractivity contribution in [1.29, 1.82) is 0 Å². The molecule has 4 rings (SSSR count). The number of imide groups is 2. The maximum atomic E-state index is 12.8. The molecule has 1 aromatic heterocycles. The van der Waals surface area contributed by atoms with E-state index in [9.17, 15) is 14.4 Å². The topological polar surface area (TPSA) is 60.9 Å². The van der Waals surface area contributed by atoms with Gasteiger partial charge in [0, 0.05) is 24.0 Å². The van der Waals surface area contributed by atoms with Crippen LogP contribution in [-0.4, -0.2) is 51.8 Å². The lowest BCUT2D eigenvalue weighted by Crippen LogP contribution is -2.47. The third-order valence-electron chi connectivity index (χ3n) is 5.71. The number of fused-ring (bicyclic) bond motifs is 1. The van der Waals surface area contributed by atoms with Gasteiger partial charge in [-0.3, -0.25) is 19.4 Å². The van der Waals surface area contributed by atoms with E-state index in [1.807, 2.05) is 0 Å². The van der Waals surface area contributed by atoms with Crippen molar-refractivity contribution in [2.24, 2.45) is 5.92 Å². The van der Waals surface area contributed by atoms with Crippen LogP contribution in [0.2, 0.25) is 0 Å². The Labute approximate surface area is 151 Å². The van der Waals surface area contributed by atoms with Crippen molar-refractivity contribution in [3.8, 4) is 0 Å². The van der Waals surface area contributed by atoms with E-state index < -0.39 is 17.8 Å². The first-order chi connectivity index (χ1) is 12.1.